The van der Waals surface area contributed by atoms with Crippen molar-refractivity contribution in [1.82, 2.24) is 0 Å². The molecule has 0 aliphatic rings. The second-order valence-corrected chi connectivity index (χ2v) is 15.4. The van der Waals surface area contributed by atoms with E-state index in [4.69, 9.17) is 17.7 Å². The second kappa shape index (κ2) is 13.1. The van der Waals surface area contributed by atoms with E-state index >= 15 is 0 Å². The highest BCUT2D eigenvalue weighted by molar-refractivity contribution is 6.77. The lowest BCUT2D eigenvalue weighted by atomic mass is 10.2. The van der Waals surface area contributed by atoms with E-state index in [-0.39, 0.29) is 11.9 Å². The van der Waals surface area contributed by atoms with Gasteiger partial charge in [-0.15, -0.1) is 0 Å². The first-order valence-electron chi connectivity index (χ1n) is 10.6. The summed E-state index contributed by atoms with van der Waals surface area (Å²) in [6.07, 6.45) is 5.63. The molecule has 0 fully saturated rings. The molecule has 162 valence electrons. The van der Waals surface area contributed by atoms with Crippen molar-refractivity contribution in [2.45, 2.75) is 96.8 Å². The average molecular weight is 421 g/mol. The van der Waals surface area contributed by atoms with Crippen molar-refractivity contribution in [2.24, 2.45) is 5.92 Å². The molecule has 5 nitrogen and oxygen atoms in total. The fourth-order valence-electron chi connectivity index (χ4n) is 3.82. The molecule has 0 aromatic heterocycles. The van der Waals surface area contributed by atoms with Crippen LogP contribution in [0, 0.1) is 5.92 Å². The van der Waals surface area contributed by atoms with Gasteiger partial charge in [0.1, 0.15) is 0 Å². The number of hydrogen-bond acceptors (Lipinski definition) is 5. The van der Waals surface area contributed by atoms with Gasteiger partial charge in [0.2, 0.25) is 0 Å². The monoisotopic (exact) mass is 420 g/mol. The molecule has 0 amide bonds. The molecule has 0 spiro atoms. The van der Waals surface area contributed by atoms with Crippen LogP contribution in [0.15, 0.2) is 0 Å². The lowest BCUT2D eigenvalue weighted by Crippen LogP contribution is -2.50. The number of hydrogen-bond donors (Lipinski definition) is 0. The molecule has 7 heteroatoms. The van der Waals surface area contributed by atoms with Crippen LogP contribution in [-0.4, -0.2) is 44.4 Å². The number of carbonyl (C=O) groups is 1. The maximum Gasteiger partial charge on any atom is 0.501 e. The van der Waals surface area contributed by atoms with Crippen molar-refractivity contribution in [2.75, 3.05) is 21.3 Å². The van der Waals surface area contributed by atoms with Gasteiger partial charge in [-0.3, -0.25) is 4.79 Å². The molecule has 0 heterocycles. The van der Waals surface area contributed by atoms with Crippen LogP contribution in [0.4, 0.5) is 0 Å². The Bertz CT molecular complexity index is 397. The van der Waals surface area contributed by atoms with E-state index in [1.807, 2.05) is 6.92 Å². The predicted molar refractivity (Wildman–Crippen MR) is 116 cm³/mol. The Labute approximate surface area is 170 Å². The van der Waals surface area contributed by atoms with Crippen LogP contribution >= 0.6 is 0 Å². The third kappa shape index (κ3) is 7.27. The number of rotatable bonds is 15. The standard InChI is InChI=1S/C20H44O5Si2/c1-10-13-14-15-26(18(5)11-2,19(6)12-3)25-20(21)17(4)16-27(22-7,23-8)24-9/h17-19H,10-16H2,1-9H3. The number of unbranched alkanes of at least 4 members (excludes halogenated alkanes) is 2. The Kier molecular flexibility index (Phi) is 13.0. The first-order valence-corrected chi connectivity index (χ1v) is 14.8. The topological polar surface area (TPSA) is 54.0 Å². The van der Waals surface area contributed by atoms with E-state index in [2.05, 4.69) is 34.6 Å². The van der Waals surface area contributed by atoms with Crippen molar-refractivity contribution in [3.8, 4) is 0 Å². The fourth-order valence-corrected chi connectivity index (χ4v) is 11.0. The molecular weight excluding hydrogens is 376 g/mol. The summed E-state index contributed by atoms with van der Waals surface area (Å²) in [4.78, 5) is 13.1. The molecule has 0 aromatic carbocycles. The zero-order chi connectivity index (χ0) is 21.1. The number of carbonyl (C=O) groups excluding carboxylic acids is 1. The van der Waals surface area contributed by atoms with Crippen LogP contribution in [0.1, 0.15) is 73.6 Å². The van der Waals surface area contributed by atoms with Gasteiger partial charge >= 0.3 is 8.80 Å². The molecule has 0 aliphatic heterocycles. The summed E-state index contributed by atoms with van der Waals surface area (Å²) < 4.78 is 23.0. The third-order valence-electron chi connectivity index (χ3n) is 6.25. The van der Waals surface area contributed by atoms with Gasteiger partial charge in [-0.1, -0.05) is 73.6 Å². The minimum Gasteiger partial charge on any atom is -0.518 e. The zero-order valence-corrected chi connectivity index (χ0v) is 21.2. The van der Waals surface area contributed by atoms with Crippen LogP contribution in [0.2, 0.25) is 23.2 Å². The summed E-state index contributed by atoms with van der Waals surface area (Å²) in [7, 11) is -0.286. The van der Waals surface area contributed by atoms with E-state index in [0.717, 1.165) is 25.3 Å². The van der Waals surface area contributed by atoms with Crippen LogP contribution < -0.4 is 0 Å². The molecule has 3 unspecified atom stereocenters. The van der Waals surface area contributed by atoms with Gasteiger partial charge in [0.25, 0.3) is 14.3 Å². The Morgan fingerprint density at radius 2 is 1.33 bits per heavy atom. The van der Waals surface area contributed by atoms with Gasteiger partial charge in [0.05, 0.1) is 5.92 Å². The highest BCUT2D eigenvalue weighted by Crippen LogP contribution is 2.43. The summed E-state index contributed by atoms with van der Waals surface area (Å²) in [6.45, 7) is 13.1. The molecule has 0 rings (SSSR count). The second-order valence-electron chi connectivity index (χ2n) is 7.85. The quantitative estimate of drug-likeness (QED) is 0.248. The van der Waals surface area contributed by atoms with Crippen molar-refractivity contribution in [3.63, 3.8) is 0 Å². The lowest BCUT2D eigenvalue weighted by molar-refractivity contribution is -0.139. The largest absolute Gasteiger partial charge is 0.518 e. The van der Waals surface area contributed by atoms with Gasteiger partial charge in [0, 0.05) is 27.4 Å². The maximum absolute atomic E-state index is 13.1. The van der Waals surface area contributed by atoms with Crippen LogP contribution in [0.3, 0.4) is 0 Å². The highest BCUT2D eigenvalue weighted by atomic mass is 28.4. The smallest absolute Gasteiger partial charge is 0.501 e. The molecule has 3 atom stereocenters. The lowest BCUT2D eigenvalue weighted by Gasteiger charge is -2.41. The molecule has 0 aliphatic carbocycles. The van der Waals surface area contributed by atoms with Crippen molar-refractivity contribution in [3.05, 3.63) is 0 Å². The first kappa shape index (κ1) is 26.8. The van der Waals surface area contributed by atoms with Gasteiger partial charge in [-0.25, -0.2) is 0 Å². The maximum atomic E-state index is 13.1. The summed E-state index contributed by atoms with van der Waals surface area (Å²) in [5, 5.41) is 0. The zero-order valence-electron chi connectivity index (χ0n) is 19.2. The summed E-state index contributed by atoms with van der Waals surface area (Å²) in [6, 6.07) is 1.50. The van der Waals surface area contributed by atoms with E-state index in [1.165, 1.54) is 12.8 Å². The minimum atomic E-state index is -2.81. The molecule has 0 radical (unpaired) electrons. The molecule has 0 bridgehead atoms. The summed E-state index contributed by atoms with van der Waals surface area (Å²) >= 11 is 0. The Morgan fingerprint density at radius 3 is 1.70 bits per heavy atom. The van der Waals surface area contributed by atoms with Gasteiger partial charge in [-0.2, -0.15) is 0 Å². The highest BCUT2D eigenvalue weighted by Gasteiger charge is 2.49. The third-order valence-corrected chi connectivity index (χ3v) is 15.1. The van der Waals surface area contributed by atoms with Gasteiger partial charge in [-0.05, 0) is 17.1 Å². The summed E-state index contributed by atoms with van der Waals surface area (Å²) in [5.41, 5.74) is 0.907. The fraction of sp³-hybridized carbons (Fsp3) is 0.950. The van der Waals surface area contributed by atoms with Gasteiger partial charge in [0.15, 0.2) is 0 Å². The predicted octanol–water partition coefficient (Wildman–Crippen LogP) is 5.78. The molecule has 0 aromatic rings. The molecule has 0 saturated heterocycles. The van der Waals surface area contributed by atoms with Crippen LogP contribution in [0.25, 0.3) is 0 Å². The van der Waals surface area contributed by atoms with E-state index in [0.29, 0.717) is 17.1 Å². The summed E-state index contributed by atoms with van der Waals surface area (Å²) in [5.74, 6) is -0.413. The Balaban J connectivity index is 5.52. The Hall–Kier alpha value is -0.216. The van der Waals surface area contributed by atoms with Crippen molar-refractivity contribution in [1.29, 1.82) is 0 Å². The molecule has 27 heavy (non-hydrogen) atoms. The van der Waals surface area contributed by atoms with Crippen LogP contribution in [-0.2, 0) is 22.5 Å². The Morgan fingerprint density at radius 1 is 0.852 bits per heavy atom. The SMILES string of the molecule is CCCCC[Si](OC(=O)C(C)C[Si](OC)(OC)OC)(C(C)CC)C(C)CC. The average Bonchev–Trinajstić information content (AvgIpc) is 2.69. The van der Waals surface area contributed by atoms with E-state index < -0.39 is 17.1 Å². The first-order chi connectivity index (χ1) is 12.7. The van der Waals surface area contributed by atoms with Crippen molar-refractivity contribution >= 4 is 23.1 Å². The minimum absolute atomic E-state index is 0.109. The molecule has 0 saturated carbocycles. The molecular formula is C20H44O5Si2. The van der Waals surface area contributed by atoms with E-state index in [9.17, 15) is 4.79 Å². The van der Waals surface area contributed by atoms with Crippen molar-refractivity contribution < 1.29 is 22.5 Å². The molecule has 0 N–H and O–H groups in total. The van der Waals surface area contributed by atoms with E-state index in [1.54, 1.807) is 21.3 Å². The normalized spacial score (nSPS) is 17.8. The van der Waals surface area contributed by atoms with Gasteiger partial charge < -0.3 is 17.7 Å². The van der Waals surface area contributed by atoms with Crippen LogP contribution in [0.5, 0.6) is 0 Å².